The van der Waals surface area contributed by atoms with Crippen molar-refractivity contribution in [1.82, 2.24) is 5.01 Å². The van der Waals surface area contributed by atoms with Crippen molar-refractivity contribution in [3.05, 3.63) is 28.8 Å². The number of hydrogen-bond acceptors (Lipinski definition) is 4. The molecule has 1 amide bonds. The van der Waals surface area contributed by atoms with E-state index in [9.17, 15) is 23.1 Å². The van der Waals surface area contributed by atoms with Gasteiger partial charge in [-0.25, -0.2) is 0 Å². The molecule has 0 aromatic heterocycles. The lowest BCUT2D eigenvalue weighted by Crippen LogP contribution is -2.61. The smallest absolute Gasteiger partial charge is 0.439 e. The zero-order chi connectivity index (χ0) is 20.7. The molecular weight excluding hydrogens is 373 g/mol. The van der Waals surface area contributed by atoms with Gasteiger partial charge in [0.1, 0.15) is 5.75 Å². The Labute approximate surface area is 162 Å². The normalized spacial score (nSPS) is 25.2. The molecule has 0 bridgehead atoms. The number of ether oxygens (including phenoxy) is 1. The molecule has 28 heavy (non-hydrogen) atoms. The van der Waals surface area contributed by atoms with E-state index in [-0.39, 0.29) is 17.1 Å². The highest BCUT2D eigenvalue weighted by Gasteiger charge is 2.68. The number of fused-ring (bicyclic) bond motifs is 1. The standard InChI is InChI=1S/C20H25F3N2O3/c1-12-9-13(2)18(14(3)10-12)28-11-17(26)25-19(27,20(21,22)23)15-7-5-4-6-8-16(15)24-25/h9-10,15,27H,4-8,11H2,1-3H3/t15-,19-/m1/s1. The molecular formula is C20H25F3N2O3. The van der Waals surface area contributed by atoms with Crippen LogP contribution in [0.15, 0.2) is 17.2 Å². The zero-order valence-electron chi connectivity index (χ0n) is 16.3. The SMILES string of the molecule is Cc1cc(C)c(OCC(=O)N2N=C3CCCCC[C@H]3[C@@]2(O)C(F)(F)F)c(C)c1. The third-order valence-electron chi connectivity index (χ3n) is 5.46. The molecule has 0 saturated heterocycles. The fraction of sp³-hybridized carbons (Fsp3) is 0.600. The number of alkyl halides is 3. The number of carbonyl (C=O) groups excluding carboxylic acids is 1. The molecule has 2 atom stereocenters. The van der Waals surface area contributed by atoms with E-state index < -0.39 is 30.3 Å². The first kappa shape index (κ1) is 20.6. The topological polar surface area (TPSA) is 62.1 Å². The number of hydrogen-bond donors (Lipinski definition) is 1. The van der Waals surface area contributed by atoms with Gasteiger partial charge in [0, 0.05) is 5.71 Å². The monoisotopic (exact) mass is 398 g/mol. The van der Waals surface area contributed by atoms with E-state index in [1.165, 1.54) is 0 Å². The highest BCUT2D eigenvalue weighted by atomic mass is 19.4. The van der Waals surface area contributed by atoms with Crippen LogP contribution in [0.1, 0.15) is 48.8 Å². The number of hydrazone groups is 1. The minimum absolute atomic E-state index is 0.148. The third kappa shape index (κ3) is 3.50. The summed E-state index contributed by atoms with van der Waals surface area (Å²) in [6.45, 7) is 4.90. The average Bonchev–Trinajstić information content (AvgIpc) is 2.74. The molecule has 2 aliphatic rings. The highest BCUT2D eigenvalue weighted by molar-refractivity contribution is 5.93. The minimum atomic E-state index is -5.02. The molecule has 1 aromatic rings. The van der Waals surface area contributed by atoms with Crippen LogP contribution in [0.4, 0.5) is 13.2 Å². The van der Waals surface area contributed by atoms with Gasteiger partial charge in [0.2, 0.25) is 0 Å². The molecule has 0 spiro atoms. The predicted octanol–water partition coefficient (Wildman–Crippen LogP) is 4.02. The minimum Gasteiger partial charge on any atom is -0.483 e. The quantitative estimate of drug-likeness (QED) is 0.837. The zero-order valence-corrected chi connectivity index (χ0v) is 16.3. The van der Waals surface area contributed by atoms with Crippen LogP contribution in [0.2, 0.25) is 0 Å². The molecule has 1 N–H and O–H groups in total. The van der Waals surface area contributed by atoms with Gasteiger partial charge in [0.25, 0.3) is 11.6 Å². The maximum atomic E-state index is 13.8. The van der Waals surface area contributed by atoms with E-state index in [0.717, 1.165) is 23.1 Å². The fourth-order valence-electron chi connectivity index (χ4n) is 4.23. The van der Waals surface area contributed by atoms with Gasteiger partial charge in [-0.15, -0.1) is 0 Å². The van der Waals surface area contributed by atoms with Crippen LogP contribution < -0.4 is 4.74 Å². The lowest BCUT2D eigenvalue weighted by molar-refractivity contribution is -0.317. The number of rotatable bonds is 3. The molecule has 0 radical (unpaired) electrons. The Morgan fingerprint density at radius 3 is 2.50 bits per heavy atom. The van der Waals surface area contributed by atoms with Crippen molar-refractivity contribution in [3.8, 4) is 5.75 Å². The van der Waals surface area contributed by atoms with Crippen LogP contribution in [0.25, 0.3) is 0 Å². The van der Waals surface area contributed by atoms with Gasteiger partial charge in [0.15, 0.2) is 6.61 Å². The number of amides is 1. The molecule has 1 aromatic carbocycles. The molecule has 8 heteroatoms. The van der Waals surface area contributed by atoms with E-state index in [1.807, 2.05) is 19.1 Å². The summed E-state index contributed by atoms with van der Waals surface area (Å²) in [5.74, 6) is -1.78. The van der Waals surface area contributed by atoms with Gasteiger partial charge in [0.05, 0.1) is 5.92 Å². The van der Waals surface area contributed by atoms with Crippen molar-refractivity contribution in [2.45, 2.75) is 64.8 Å². The maximum Gasteiger partial charge on any atom is 0.439 e. The Hall–Kier alpha value is -2.09. The van der Waals surface area contributed by atoms with Crippen molar-refractivity contribution in [2.75, 3.05) is 6.61 Å². The summed E-state index contributed by atoms with van der Waals surface area (Å²) in [6.07, 6.45) is -2.48. The Morgan fingerprint density at radius 2 is 1.89 bits per heavy atom. The van der Waals surface area contributed by atoms with Crippen molar-refractivity contribution >= 4 is 11.6 Å². The number of halogens is 3. The van der Waals surface area contributed by atoms with E-state index in [0.29, 0.717) is 25.0 Å². The van der Waals surface area contributed by atoms with Crippen molar-refractivity contribution in [3.63, 3.8) is 0 Å². The lowest BCUT2D eigenvalue weighted by Gasteiger charge is -2.37. The Bertz CT molecular complexity index is 783. The van der Waals surface area contributed by atoms with Crippen LogP contribution in [0.3, 0.4) is 0 Å². The molecule has 0 unspecified atom stereocenters. The second kappa shape index (κ2) is 7.39. The molecule has 5 nitrogen and oxygen atoms in total. The molecule has 1 aliphatic heterocycles. The lowest BCUT2D eigenvalue weighted by atomic mass is 9.87. The van der Waals surface area contributed by atoms with Crippen LogP contribution in [-0.4, -0.2) is 40.2 Å². The second-order valence-corrected chi connectivity index (χ2v) is 7.69. The summed E-state index contributed by atoms with van der Waals surface area (Å²) in [6, 6.07) is 3.74. The maximum absolute atomic E-state index is 13.8. The van der Waals surface area contributed by atoms with Crippen LogP contribution in [0, 0.1) is 26.7 Å². The first-order valence-electron chi connectivity index (χ1n) is 9.46. The number of carbonyl (C=O) groups is 1. The first-order valence-corrected chi connectivity index (χ1v) is 9.46. The second-order valence-electron chi connectivity index (χ2n) is 7.69. The summed E-state index contributed by atoms with van der Waals surface area (Å²) in [4.78, 5) is 12.6. The van der Waals surface area contributed by atoms with Crippen molar-refractivity contribution in [1.29, 1.82) is 0 Å². The summed E-state index contributed by atoms with van der Waals surface area (Å²) in [5.41, 5.74) is -0.479. The van der Waals surface area contributed by atoms with E-state index in [4.69, 9.17) is 4.74 Å². The molecule has 1 saturated carbocycles. The molecule has 3 rings (SSSR count). The van der Waals surface area contributed by atoms with Crippen LogP contribution in [0.5, 0.6) is 5.75 Å². The Morgan fingerprint density at radius 1 is 1.25 bits per heavy atom. The Kier molecular flexibility index (Phi) is 5.44. The third-order valence-corrected chi connectivity index (χ3v) is 5.46. The van der Waals surface area contributed by atoms with Crippen molar-refractivity contribution in [2.24, 2.45) is 11.0 Å². The van der Waals surface area contributed by atoms with E-state index >= 15 is 0 Å². The number of aryl methyl sites for hydroxylation is 3. The Balaban J connectivity index is 1.85. The first-order chi connectivity index (χ1) is 13.1. The molecule has 1 aliphatic carbocycles. The molecule has 1 fully saturated rings. The largest absolute Gasteiger partial charge is 0.483 e. The van der Waals surface area contributed by atoms with Gasteiger partial charge in [-0.2, -0.15) is 23.3 Å². The fourth-order valence-corrected chi connectivity index (χ4v) is 4.23. The van der Waals surface area contributed by atoms with Gasteiger partial charge >= 0.3 is 6.18 Å². The number of nitrogens with zero attached hydrogens (tertiary/aromatic N) is 2. The highest BCUT2D eigenvalue weighted by Crippen LogP contribution is 2.47. The molecule has 154 valence electrons. The summed E-state index contributed by atoms with van der Waals surface area (Å²) in [5, 5.41) is 14.7. The van der Waals surface area contributed by atoms with Gasteiger partial charge in [-0.1, -0.05) is 30.5 Å². The van der Waals surface area contributed by atoms with Gasteiger partial charge in [-0.05, 0) is 51.2 Å². The van der Waals surface area contributed by atoms with Crippen LogP contribution >= 0.6 is 0 Å². The van der Waals surface area contributed by atoms with E-state index in [1.54, 1.807) is 13.8 Å². The molecule has 1 heterocycles. The predicted molar refractivity (Wildman–Crippen MR) is 98.0 cm³/mol. The number of benzene rings is 1. The summed E-state index contributed by atoms with van der Waals surface area (Å²) >= 11 is 0. The van der Waals surface area contributed by atoms with Crippen LogP contribution in [-0.2, 0) is 4.79 Å². The van der Waals surface area contributed by atoms with Gasteiger partial charge in [-0.3, -0.25) is 4.79 Å². The average molecular weight is 398 g/mol. The van der Waals surface area contributed by atoms with Crippen molar-refractivity contribution < 1.29 is 27.8 Å². The number of aliphatic hydroxyl groups is 1. The summed E-state index contributed by atoms with van der Waals surface area (Å²) in [7, 11) is 0. The summed E-state index contributed by atoms with van der Waals surface area (Å²) < 4.78 is 47.1. The van der Waals surface area contributed by atoms with Gasteiger partial charge < -0.3 is 9.84 Å². The van der Waals surface area contributed by atoms with E-state index in [2.05, 4.69) is 5.10 Å².